The van der Waals surface area contributed by atoms with Crippen LogP contribution in [0.1, 0.15) is 40.8 Å². The molecule has 2 amide bonds. The Morgan fingerprint density at radius 3 is 2.62 bits per heavy atom. The lowest BCUT2D eigenvalue weighted by Gasteiger charge is -2.11. The number of hydrogen-bond acceptors (Lipinski definition) is 6. The highest BCUT2D eigenvalue weighted by Gasteiger charge is 2.26. The third kappa shape index (κ3) is 4.50. The Balaban J connectivity index is 1.82. The molecule has 13 heteroatoms. The number of thiophene rings is 1. The Hall–Kier alpha value is -3.38. The largest absolute Gasteiger partial charge is 0.365 e. The van der Waals surface area contributed by atoms with Crippen molar-refractivity contribution in [3.05, 3.63) is 45.9 Å². The van der Waals surface area contributed by atoms with Crippen LogP contribution in [0.4, 0.5) is 14.5 Å². The van der Waals surface area contributed by atoms with Crippen LogP contribution in [0.3, 0.4) is 0 Å². The van der Waals surface area contributed by atoms with Gasteiger partial charge >= 0.3 is 0 Å². The van der Waals surface area contributed by atoms with E-state index in [9.17, 15) is 18.4 Å². The number of fused-ring (bicyclic) bond motifs is 1. The van der Waals surface area contributed by atoms with E-state index in [1.165, 1.54) is 16.9 Å². The average Bonchev–Trinajstić information content (AvgIpc) is 3.48. The smallest absolute Gasteiger partial charge is 0.280 e. The van der Waals surface area contributed by atoms with Crippen molar-refractivity contribution in [3.8, 4) is 11.1 Å². The van der Waals surface area contributed by atoms with Gasteiger partial charge in [0.15, 0.2) is 0 Å². The number of nitrogens with zero attached hydrogens (tertiary/aromatic N) is 5. The minimum absolute atomic E-state index is 0.0196. The number of carbonyl (C=O) groups excluding carboxylic acids is 2. The molecular formula is C21H20ClF2N7O2S. The lowest BCUT2D eigenvalue weighted by atomic mass is 10.0. The van der Waals surface area contributed by atoms with Crippen molar-refractivity contribution in [1.29, 1.82) is 0 Å². The second-order valence-electron chi connectivity index (χ2n) is 7.43. The Morgan fingerprint density at radius 1 is 1.26 bits per heavy atom. The molecule has 0 fully saturated rings. The van der Waals surface area contributed by atoms with Crippen molar-refractivity contribution in [2.24, 2.45) is 5.73 Å². The summed E-state index contributed by atoms with van der Waals surface area (Å²) in [5, 5.41) is 11.9. The number of primary amides is 1. The van der Waals surface area contributed by atoms with Crippen molar-refractivity contribution < 1.29 is 18.4 Å². The number of rotatable bonds is 8. The summed E-state index contributed by atoms with van der Waals surface area (Å²) < 4.78 is 30.5. The molecule has 0 atom stereocenters. The normalized spacial score (nSPS) is 11.5. The molecule has 0 aliphatic rings. The molecule has 0 aromatic carbocycles. The third-order valence-electron chi connectivity index (χ3n) is 5.26. The Morgan fingerprint density at radius 2 is 2.03 bits per heavy atom. The monoisotopic (exact) mass is 507 g/mol. The van der Waals surface area contributed by atoms with Crippen LogP contribution in [0.2, 0.25) is 5.02 Å². The van der Waals surface area contributed by atoms with E-state index in [4.69, 9.17) is 17.3 Å². The van der Waals surface area contributed by atoms with Crippen LogP contribution in [0, 0.1) is 6.92 Å². The van der Waals surface area contributed by atoms with Gasteiger partial charge in [-0.3, -0.25) is 19.0 Å². The number of aromatic nitrogens is 5. The van der Waals surface area contributed by atoms with Gasteiger partial charge in [0, 0.05) is 42.4 Å². The summed E-state index contributed by atoms with van der Waals surface area (Å²) in [4.78, 5) is 29.2. The van der Waals surface area contributed by atoms with Crippen LogP contribution in [-0.4, -0.2) is 36.4 Å². The van der Waals surface area contributed by atoms with Crippen LogP contribution >= 0.6 is 22.9 Å². The first-order valence-electron chi connectivity index (χ1n) is 10.3. The summed E-state index contributed by atoms with van der Waals surface area (Å²) >= 11 is 6.70. The van der Waals surface area contributed by atoms with Gasteiger partial charge in [0.25, 0.3) is 12.3 Å². The lowest BCUT2D eigenvalue weighted by Crippen LogP contribution is -2.18. The number of nitrogens with two attached hydrogens (primary N) is 1. The van der Waals surface area contributed by atoms with Gasteiger partial charge in [0.05, 0.1) is 23.1 Å². The highest BCUT2D eigenvalue weighted by Crippen LogP contribution is 2.43. The zero-order chi connectivity index (χ0) is 24.6. The number of hydrogen-bond donors (Lipinski definition) is 2. The van der Waals surface area contributed by atoms with Crippen LogP contribution in [0.15, 0.2) is 24.7 Å². The van der Waals surface area contributed by atoms with E-state index in [2.05, 4.69) is 20.5 Å². The number of amides is 2. The standard InChI is InChI=1S/C21H20ClF2N7O2S/c1-3-31-10(2)13(8-27-31)12-6-14(19(23)24)28-21-16(12)17(18(34-21)20(25)33)29-15(32)4-5-30-9-11(22)7-26-30/h6-9,19H,3-5H2,1-2H3,(H2,25,33)(H,29,32). The minimum atomic E-state index is -2.83. The van der Waals surface area contributed by atoms with Crippen LogP contribution in [-0.2, 0) is 17.9 Å². The zero-order valence-electron chi connectivity index (χ0n) is 18.2. The molecule has 3 N–H and O–H groups in total. The molecule has 0 spiro atoms. The molecule has 0 saturated heterocycles. The Bertz CT molecular complexity index is 1400. The lowest BCUT2D eigenvalue weighted by molar-refractivity contribution is -0.116. The molecule has 0 unspecified atom stereocenters. The predicted octanol–water partition coefficient (Wildman–Crippen LogP) is 4.40. The molecule has 0 aliphatic heterocycles. The number of carbonyl (C=O) groups is 2. The van der Waals surface area contributed by atoms with Crippen LogP contribution < -0.4 is 11.1 Å². The average molecular weight is 508 g/mol. The fourth-order valence-corrected chi connectivity index (χ4v) is 4.81. The van der Waals surface area contributed by atoms with Crippen molar-refractivity contribution in [2.45, 2.75) is 39.8 Å². The molecule has 178 valence electrons. The molecule has 4 aromatic heterocycles. The molecule has 4 heterocycles. The molecule has 0 aliphatic carbocycles. The van der Waals surface area contributed by atoms with E-state index in [0.717, 1.165) is 17.0 Å². The SMILES string of the molecule is CCn1ncc(-c2cc(C(F)F)nc3sc(C(N)=O)c(NC(=O)CCn4cc(Cl)cn4)c23)c1C. The predicted molar refractivity (Wildman–Crippen MR) is 125 cm³/mol. The highest BCUT2D eigenvalue weighted by atomic mass is 35.5. The third-order valence-corrected chi connectivity index (χ3v) is 6.55. The van der Waals surface area contributed by atoms with Crippen molar-refractivity contribution in [3.63, 3.8) is 0 Å². The maximum atomic E-state index is 13.6. The van der Waals surface area contributed by atoms with Crippen LogP contribution in [0.5, 0.6) is 0 Å². The molecule has 9 nitrogen and oxygen atoms in total. The Labute approximate surface area is 201 Å². The van der Waals surface area contributed by atoms with Crippen molar-refractivity contribution >= 4 is 50.7 Å². The van der Waals surface area contributed by atoms with Gasteiger partial charge in [0.2, 0.25) is 5.91 Å². The number of alkyl halides is 2. The second-order valence-corrected chi connectivity index (χ2v) is 8.86. The van der Waals surface area contributed by atoms with Gasteiger partial charge in [-0.2, -0.15) is 10.2 Å². The van der Waals surface area contributed by atoms with Crippen LogP contribution in [0.25, 0.3) is 21.3 Å². The zero-order valence-corrected chi connectivity index (χ0v) is 19.8. The fraction of sp³-hybridized carbons (Fsp3) is 0.286. The van der Waals surface area contributed by atoms with E-state index >= 15 is 0 Å². The van der Waals surface area contributed by atoms with Crippen molar-refractivity contribution in [2.75, 3.05) is 5.32 Å². The summed E-state index contributed by atoms with van der Waals surface area (Å²) in [5.74, 6) is -1.22. The molecule has 34 heavy (non-hydrogen) atoms. The van der Waals surface area contributed by atoms with E-state index in [1.54, 1.807) is 17.1 Å². The number of halogens is 3. The number of anilines is 1. The molecule has 4 aromatic rings. The van der Waals surface area contributed by atoms with E-state index in [1.807, 2.05) is 13.8 Å². The van der Waals surface area contributed by atoms with Crippen molar-refractivity contribution in [1.82, 2.24) is 24.5 Å². The summed E-state index contributed by atoms with van der Waals surface area (Å²) in [6.45, 7) is 4.55. The summed E-state index contributed by atoms with van der Waals surface area (Å²) in [6.07, 6.45) is 1.79. The van der Waals surface area contributed by atoms with E-state index in [0.29, 0.717) is 28.1 Å². The maximum absolute atomic E-state index is 13.6. The van der Waals surface area contributed by atoms with Gasteiger partial charge in [-0.25, -0.2) is 13.8 Å². The minimum Gasteiger partial charge on any atom is -0.365 e. The first-order chi connectivity index (χ1) is 16.2. The summed E-state index contributed by atoms with van der Waals surface area (Å²) in [7, 11) is 0. The van der Waals surface area contributed by atoms with Gasteiger partial charge in [-0.1, -0.05) is 11.6 Å². The topological polar surface area (TPSA) is 121 Å². The fourth-order valence-electron chi connectivity index (χ4n) is 3.64. The van der Waals surface area contributed by atoms with Gasteiger partial charge in [-0.05, 0) is 25.5 Å². The molecule has 0 bridgehead atoms. The van der Waals surface area contributed by atoms with Gasteiger partial charge in [0.1, 0.15) is 15.4 Å². The number of pyridine rings is 1. The molecule has 0 saturated carbocycles. The first kappa shape index (κ1) is 23.8. The summed E-state index contributed by atoms with van der Waals surface area (Å²) in [5.41, 5.74) is 6.98. The maximum Gasteiger partial charge on any atom is 0.280 e. The van der Waals surface area contributed by atoms with Gasteiger partial charge < -0.3 is 11.1 Å². The first-order valence-corrected chi connectivity index (χ1v) is 11.4. The quantitative estimate of drug-likeness (QED) is 0.366. The van der Waals surface area contributed by atoms with Gasteiger partial charge in [-0.15, -0.1) is 11.3 Å². The highest BCUT2D eigenvalue weighted by molar-refractivity contribution is 7.21. The molecule has 0 radical (unpaired) electrons. The van der Waals surface area contributed by atoms with E-state index in [-0.39, 0.29) is 28.4 Å². The van der Waals surface area contributed by atoms with E-state index < -0.39 is 23.9 Å². The number of aryl methyl sites for hydroxylation is 2. The number of nitrogens with one attached hydrogen (secondary N) is 1. The second kappa shape index (κ2) is 9.47. The summed E-state index contributed by atoms with van der Waals surface area (Å²) in [6, 6.07) is 1.26. The molecule has 4 rings (SSSR count). The Kier molecular flexibility index (Phi) is 6.62. The molecular weight excluding hydrogens is 488 g/mol.